The maximum absolute atomic E-state index is 12.6. The summed E-state index contributed by atoms with van der Waals surface area (Å²) >= 11 is 9.47. The molecule has 36 heavy (non-hydrogen) atoms. The molecular formula is C26H29BrClN3O4S. The molecule has 1 aliphatic heterocycles. The predicted octanol–water partition coefficient (Wildman–Crippen LogP) is 4.92. The molecule has 0 spiro atoms. The van der Waals surface area contributed by atoms with Gasteiger partial charge in [-0.1, -0.05) is 33.6 Å². The zero-order chi connectivity index (χ0) is 25.7. The van der Waals surface area contributed by atoms with Gasteiger partial charge in [-0.3, -0.25) is 9.69 Å². The molecule has 2 heterocycles. The van der Waals surface area contributed by atoms with Gasteiger partial charge in [0.05, 0.1) is 4.90 Å². The van der Waals surface area contributed by atoms with Crippen LogP contribution >= 0.6 is 27.5 Å². The van der Waals surface area contributed by atoms with Gasteiger partial charge in [-0.05, 0) is 74.0 Å². The number of hydrogen-bond acceptors (Lipinski definition) is 6. The molecule has 1 N–H and O–H groups in total. The number of carbonyl (C=O) groups excluding carboxylic acids is 1. The Morgan fingerprint density at radius 2 is 1.78 bits per heavy atom. The molecule has 7 nitrogen and oxygen atoms in total. The lowest BCUT2D eigenvalue weighted by Gasteiger charge is -2.36. The Bertz CT molecular complexity index is 1300. The first-order valence-corrected chi connectivity index (χ1v) is 14.6. The van der Waals surface area contributed by atoms with Crippen molar-refractivity contribution in [1.29, 1.82) is 0 Å². The molecule has 1 fully saturated rings. The van der Waals surface area contributed by atoms with Crippen molar-refractivity contribution in [1.82, 2.24) is 10.2 Å². The maximum atomic E-state index is 12.6. The molecule has 3 aromatic rings. The van der Waals surface area contributed by atoms with Crippen LogP contribution in [0.4, 0.5) is 5.69 Å². The lowest BCUT2D eigenvalue weighted by atomic mass is 10.1. The van der Waals surface area contributed by atoms with Gasteiger partial charge in [0.2, 0.25) is 0 Å². The van der Waals surface area contributed by atoms with Crippen molar-refractivity contribution >= 4 is 49.0 Å². The molecule has 1 amide bonds. The number of hydrogen-bond donors (Lipinski definition) is 1. The third-order valence-electron chi connectivity index (χ3n) is 6.21. The Morgan fingerprint density at radius 3 is 2.50 bits per heavy atom. The van der Waals surface area contributed by atoms with E-state index >= 15 is 0 Å². The van der Waals surface area contributed by atoms with E-state index in [1.54, 1.807) is 12.1 Å². The van der Waals surface area contributed by atoms with Crippen molar-refractivity contribution in [2.24, 2.45) is 0 Å². The van der Waals surface area contributed by atoms with Crippen LogP contribution in [0.25, 0.3) is 0 Å². The average Bonchev–Trinajstić information content (AvgIpc) is 3.32. The minimum atomic E-state index is -3.56. The fraction of sp³-hybridized carbons (Fsp3) is 0.346. The lowest BCUT2D eigenvalue weighted by Crippen LogP contribution is -2.47. The van der Waals surface area contributed by atoms with Crippen LogP contribution in [-0.2, 0) is 15.6 Å². The average molecular weight is 595 g/mol. The van der Waals surface area contributed by atoms with E-state index in [2.05, 4.69) is 44.0 Å². The first kappa shape index (κ1) is 26.7. The Balaban J connectivity index is 1.19. The van der Waals surface area contributed by atoms with Crippen molar-refractivity contribution in [2.45, 2.75) is 24.0 Å². The van der Waals surface area contributed by atoms with Gasteiger partial charge >= 0.3 is 0 Å². The number of anilines is 1. The van der Waals surface area contributed by atoms with E-state index in [9.17, 15) is 13.2 Å². The summed E-state index contributed by atoms with van der Waals surface area (Å²) in [6.45, 7) is 7.28. The monoisotopic (exact) mass is 593 g/mol. The summed E-state index contributed by atoms with van der Waals surface area (Å²) in [4.78, 5) is 17.4. The quantitative estimate of drug-likeness (QED) is 0.354. The molecule has 0 saturated carbocycles. The van der Waals surface area contributed by atoms with Gasteiger partial charge in [0, 0.05) is 47.9 Å². The van der Waals surface area contributed by atoms with Gasteiger partial charge in [-0.25, -0.2) is 8.42 Å². The number of nitrogens with zero attached hydrogens (tertiary/aromatic N) is 2. The predicted molar refractivity (Wildman–Crippen MR) is 146 cm³/mol. The zero-order valence-electron chi connectivity index (χ0n) is 20.0. The molecule has 0 bridgehead atoms. The molecule has 1 aliphatic rings. The highest BCUT2D eigenvalue weighted by atomic mass is 79.9. The number of rotatable bonds is 9. The van der Waals surface area contributed by atoms with Gasteiger partial charge in [0.1, 0.15) is 11.5 Å². The van der Waals surface area contributed by atoms with Gasteiger partial charge < -0.3 is 14.6 Å². The molecule has 0 atom stereocenters. The molecule has 1 saturated heterocycles. The van der Waals surface area contributed by atoms with E-state index in [4.69, 9.17) is 16.0 Å². The molecule has 2 aromatic carbocycles. The second-order valence-electron chi connectivity index (χ2n) is 8.85. The number of aryl methyl sites for hydroxylation is 1. The number of amides is 1. The molecule has 0 aliphatic carbocycles. The highest BCUT2D eigenvalue weighted by Crippen LogP contribution is 2.25. The number of halogens is 2. The summed E-state index contributed by atoms with van der Waals surface area (Å²) in [5, 5.41) is 3.62. The first-order valence-electron chi connectivity index (χ1n) is 11.8. The Morgan fingerprint density at radius 1 is 1.06 bits per heavy atom. The highest BCUT2D eigenvalue weighted by Gasteiger charge is 2.20. The number of furan rings is 1. The number of nitrogens with one attached hydrogen (secondary N) is 1. The van der Waals surface area contributed by atoms with Crippen molar-refractivity contribution in [2.75, 3.05) is 44.2 Å². The summed E-state index contributed by atoms with van der Waals surface area (Å²) in [6, 6.07) is 15.5. The standard InChI is InChI=1S/C26H29BrClN3O4S/c1-19-3-6-21(28)17-24(19)31-15-13-30(14-16-31)12-2-11-29-26(32)25-10-7-22(35-25)18-36(33,34)23-8-4-20(27)5-9-23/h3-10,17H,2,11-16,18H2,1H3,(H,29,32). The van der Waals surface area contributed by atoms with E-state index in [-0.39, 0.29) is 28.1 Å². The number of benzene rings is 2. The largest absolute Gasteiger partial charge is 0.455 e. The Kier molecular flexibility index (Phi) is 8.77. The Hall–Kier alpha value is -2.33. The maximum Gasteiger partial charge on any atom is 0.286 e. The summed E-state index contributed by atoms with van der Waals surface area (Å²) in [6.07, 6.45) is 0.813. The second-order valence-corrected chi connectivity index (χ2v) is 12.2. The minimum absolute atomic E-state index is 0.113. The van der Waals surface area contributed by atoms with Crippen molar-refractivity contribution < 1.29 is 17.6 Å². The van der Waals surface area contributed by atoms with E-state index < -0.39 is 9.84 Å². The van der Waals surface area contributed by atoms with Crippen LogP contribution in [-0.4, -0.2) is 58.5 Å². The summed E-state index contributed by atoms with van der Waals surface area (Å²) in [7, 11) is -3.56. The van der Waals surface area contributed by atoms with Crippen LogP contribution in [0.15, 0.2) is 68.4 Å². The second kappa shape index (κ2) is 11.8. The lowest BCUT2D eigenvalue weighted by molar-refractivity contribution is 0.0922. The zero-order valence-corrected chi connectivity index (χ0v) is 23.2. The van der Waals surface area contributed by atoms with E-state index in [1.165, 1.54) is 35.5 Å². The van der Waals surface area contributed by atoms with Gasteiger partial charge in [0.15, 0.2) is 15.6 Å². The number of carbonyl (C=O) groups is 1. The first-order chi connectivity index (χ1) is 17.2. The SMILES string of the molecule is Cc1ccc(Cl)cc1N1CCN(CCCNC(=O)c2ccc(CS(=O)(=O)c3ccc(Br)cc3)o2)CC1. The van der Waals surface area contributed by atoms with Crippen LogP contribution in [0.2, 0.25) is 5.02 Å². The van der Waals surface area contributed by atoms with Gasteiger partial charge in [-0.15, -0.1) is 0 Å². The molecular weight excluding hydrogens is 566 g/mol. The van der Waals surface area contributed by atoms with Crippen molar-refractivity contribution in [3.05, 3.63) is 81.2 Å². The van der Waals surface area contributed by atoms with Gasteiger partial charge in [0.25, 0.3) is 5.91 Å². The normalized spacial score (nSPS) is 14.7. The molecule has 0 radical (unpaired) electrons. The third-order valence-corrected chi connectivity index (χ3v) is 8.63. The van der Waals surface area contributed by atoms with E-state index in [0.29, 0.717) is 6.54 Å². The Labute approximate surface area is 225 Å². The smallest absolute Gasteiger partial charge is 0.286 e. The van der Waals surface area contributed by atoms with E-state index in [1.807, 2.05) is 12.1 Å². The number of piperazine rings is 1. The molecule has 10 heteroatoms. The summed E-state index contributed by atoms with van der Waals surface area (Å²) in [5.74, 6) is -0.302. The summed E-state index contributed by atoms with van der Waals surface area (Å²) < 4.78 is 31.5. The number of sulfone groups is 1. The van der Waals surface area contributed by atoms with Crippen LogP contribution in [0, 0.1) is 6.92 Å². The third kappa shape index (κ3) is 6.91. The van der Waals surface area contributed by atoms with E-state index in [0.717, 1.165) is 48.6 Å². The summed E-state index contributed by atoms with van der Waals surface area (Å²) in [5.41, 5.74) is 2.42. The van der Waals surface area contributed by atoms with Crippen LogP contribution in [0.3, 0.4) is 0 Å². The van der Waals surface area contributed by atoms with Crippen LogP contribution in [0.5, 0.6) is 0 Å². The topological polar surface area (TPSA) is 82.9 Å². The van der Waals surface area contributed by atoms with Crippen LogP contribution in [0.1, 0.15) is 28.3 Å². The fourth-order valence-electron chi connectivity index (χ4n) is 4.22. The van der Waals surface area contributed by atoms with Crippen LogP contribution < -0.4 is 10.2 Å². The minimum Gasteiger partial charge on any atom is -0.455 e. The molecule has 1 aromatic heterocycles. The van der Waals surface area contributed by atoms with Gasteiger partial charge in [-0.2, -0.15) is 0 Å². The molecule has 4 rings (SSSR count). The molecule has 0 unspecified atom stereocenters. The van der Waals surface area contributed by atoms with Crippen molar-refractivity contribution in [3.63, 3.8) is 0 Å². The molecule has 192 valence electrons. The fourth-order valence-corrected chi connectivity index (χ4v) is 5.90. The highest BCUT2D eigenvalue weighted by molar-refractivity contribution is 9.10. The van der Waals surface area contributed by atoms with Crippen molar-refractivity contribution in [3.8, 4) is 0 Å².